The molecule has 0 heterocycles. The lowest BCUT2D eigenvalue weighted by Gasteiger charge is -2.36. The van der Waals surface area contributed by atoms with Crippen LogP contribution in [0.4, 0.5) is 0 Å². The van der Waals surface area contributed by atoms with E-state index >= 15 is 0 Å². The number of thioether (sulfide) groups is 1. The normalized spacial score (nSPS) is 18.6. The Balaban J connectivity index is 1.85. The first-order valence-electron chi connectivity index (χ1n) is 7.52. The zero-order chi connectivity index (χ0) is 15.1. The van der Waals surface area contributed by atoms with E-state index in [1.165, 1.54) is 37.7 Å². The number of amidine groups is 1. The monoisotopic (exact) mass is 307 g/mol. The van der Waals surface area contributed by atoms with E-state index in [9.17, 15) is 0 Å². The minimum atomic E-state index is 0.151. The van der Waals surface area contributed by atoms with Gasteiger partial charge in [0.1, 0.15) is 0 Å². The molecule has 0 saturated heterocycles. The molecule has 0 bridgehead atoms. The van der Waals surface area contributed by atoms with E-state index in [1.807, 2.05) is 36.0 Å². The number of benzene rings is 1. The van der Waals surface area contributed by atoms with Crippen molar-refractivity contribution in [2.45, 2.75) is 43.4 Å². The van der Waals surface area contributed by atoms with Crippen LogP contribution < -0.4 is 11.1 Å². The lowest BCUT2D eigenvalue weighted by atomic mass is 9.88. The van der Waals surface area contributed by atoms with Gasteiger partial charge < -0.3 is 16.3 Å². The predicted molar refractivity (Wildman–Crippen MR) is 90.0 cm³/mol. The topological polar surface area (TPSA) is 70.6 Å². The largest absolute Gasteiger partial charge is 0.409 e. The third-order valence-corrected chi connectivity index (χ3v) is 5.75. The molecule has 1 fully saturated rings. The summed E-state index contributed by atoms with van der Waals surface area (Å²) >= 11 is 2.02. The van der Waals surface area contributed by atoms with Crippen LogP contribution in [0.5, 0.6) is 0 Å². The van der Waals surface area contributed by atoms with Gasteiger partial charge in [0.2, 0.25) is 0 Å². The van der Waals surface area contributed by atoms with E-state index in [0.29, 0.717) is 4.75 Å². The highest BCUT2D eigenvalue weighted by atomic mass is 32.2. The first-order valence-corrected chi connectivity index (χ1v) is 8.74. The van der Waals surface area contributed by atoms with Crippen molar-refractivity contribution >= 4 is 17.6 Å². The lowest BCUT2D eigenvalue weighted by molar-refractivity contribution is 0.318. The summed E-state index contributed by atoms with van der Waals surface area (Å²) in [5, 5.41) is 15.2. The Morgan fingerprint density at radius 2 is 1.95 bits per heavy atom. The number of nitrogens with one attached hydrogen (secondary N) is 1. The molecule has 0 unspecified atom stereocenters. The number of hydrogen-bond donors (Lipinski definition) is 3. The van der Waals surface area contributed by atoms with Gasteiger partial charge in [-0.15, -0.1) is 0 Å². The highest BCUT2D eigenvalue weighted by Crippen LogP contribution is 2.37. The highest BCUT2D eigenvalue weighted by molar-refractivity contribution is 8.00. The van der Waals surface area contributed by atoms with Crippen molar-refractivity contribution in [3.63, 3.8) is 0 Å². The molecule has 0 radical (unpaired) electrons. The van der Waals surface area contributed by atoms with Crippen LogP contribution >= 0.6 is 11.8 Å². The quantitative estimate of drug-likeness (QED) is 0.327. The summed E-state index contributed by atoms with van der Waals surface area (Å²) in [5.74, 6) is 0.151. The van der Waals surface area contributed by atoms with Crippen LogP contribution in [-0.2, 0) is 6.54 Å². The molecule has 0 aliphatic heterocycles. The van der Waals surface area contributed by atoms with E-state index in [0.717, 1.165) is 18.7 Å². The van der Waals surface area contributed by atoms with Crippen LogP contribution in [0.25, 0.3) is 0 Å². The molecule has 1 saturated carbocycles. The fourth-order valence-electron chi connectivity index (χ4n) is 2.93. The molecular formula is C16H25N3OS. The Bertz CT molecular complexity index is 467. The van der Waals surface area contributed by atoms with Crippen molar-refractivity contribution < 1.29 is 5.21 Å². The molecule has 21 heavy (non-hydrogen) atoms. The van der Waals surface area contributed by atoms with Crippen molar-refractivity contribution in [1.29, 1.82) is 0 Å². The number of oxime groups is 1. The van der Waals surface area contributed by atoms with Crippen molar-refractivity contribution in [3.05, 3.63) is 35.4 Å². The zero-order valence-corrected chi connectivity index (χ0v) is 13.5. The van der Waals surface area contributed by atoms with Crippen molar-refractivity contribution in [2.75, 3.05) is 12.8 Å². The summed E-state index contributed by atoms with van der Waals surface area (Å²) in [6.45, 7) is 1.93. The van der Waals surface area contributed by atoms with Crippen LogP contribution in [0.1, 0.15) is 43.2 Å². The van der Waals surface area contributed by atoms with Gasteiger partial charge in [0.15, 0.2) is 5.84 Å². The number of hydrogen-bond acceptors (Lipinski definition) is 4. The van der Waals surface area contributed by atoms with Gasteiger partial charge in [0.25, 0.3) is 0 Å². The molecule has 0 spiro atoms. The lowest BCUT2D eigenvalue weighted by Crippen LogP contribution is -2.39. The average molecular weight is 307 g/mol. The standard InChI is InChI=1S/C16H25N3OS/c1-21-16(9-3-2-4-10-16)12-18-11-13-5-7-14(8-6-13)15(17)19-20/h5-8,18,20H,2-4,9-12H2,1H3,(H2,17,19). The summed E-state index contributed by atoms with van der Waals surface area (Å²) in [4.78, 5) is 0. The zero-order valence-electron chi connectivity index (χ0n) is 12.6. The van der Waals surface area contributed by atoms with E-state index in [1.54, 1.807) is 0 Å². The Hall–Kier alpha value is -1.20. The Morgan fingerprint density at radius 3 is 2.52 bits per heavy atom. The van der Waals surface area contributed by atoms with Crippen LogP contribution in [0.3, 0.4) is 0 Å². The van der Waals surface area contributed by atoms with Gasteiger partial charge in [-0.3, -0.25) is 0 Å². The molecule has 4 N–H and O–H groups in total. The molecule has 1 aliphatic rings. The summed E-state index contributed by atoms with van der Waals surface area (Å²) in [5.41, 5.74) is 7.52. The van der Waals surface area contributed by atoms with Crippen LogP contribution in [-0.4, -0.2) is 28.6 Å². The van der Waals surface area contributed by atoms with E-state index in [2.05, 4.69) is 16.7 Å². The fourth-order valence-corrected chi connectivity index (χ4v) is 3.88. The van der Waals surface area contributed by atoms with Gasteiger partial charge in [0.05, 0.1) is 0 Å². The van der Waals surface area contributed by atoms with Gasteiger partial charge in [-0.05, 0) is 24.7 Å². The molecule has 0 aromatic heterocycles. The number of rotatable bonds is 6. The second-order valence-electron chi connectivity index (χ2n) is 5.73. The fraction of sp³-hybridized carbons (Fsp3) is 0.562. The Labute approximate surface area is 131 Å². The summed E-state index contributed by atoms with van der Waals surface area (Å²) in [6, 6.07) is 7.81. The second kappa shape index (κ2) is 7.71. The van der Waals surface area contributed by atoms with E-state index in [4.69, 9.17) is 10.9 Å². The summed E-state index contributed by atoms with van der Waals surface area (Å²) in [7, 11) is 0. The molecule has 4 nitrogen and oxygen atoms in total. The van der Waals surface area contributed by atoms with E-state index in [-0.39, 0.29) is 5.84 Å². The SMILES string of the molecule is CSC1(CNCc2ccc(/C(N)=N/O)cc2)CCCCC1. The molecule has 0 amide bonds. The Kier molecular flexibility index (Phi) is 5.94. The van der Waals surface area contributed by atoms with E-state index < -0.39 is 0 Å². The van der Waals surface area contributed by atoms with Gasteiger partial charge in [-0.25, -0.2) is 0 Å². The molecule has 5 heteroatoms. The third kappa shape index (κ3) is 4.38. The molecule has 1 aromatic rings. The van der Waals surface area contributed by atoms with Crippen LogP contribution in [0, 0.1) is 0 Å². The molecule has 116 valence electrons. The van der Waals surface area contributed by atoms with Gasteiger partial charge in [-0.1, -0.05) is 48.7 Å². The molecular weight excluding hydrogens is 282 g/mol. The highest BCUT2D eigenvalue weighted by Gasteiger charge is 2.30. The summed E-state index contributed by atoms with van der Waals surface area (Å²) in [6.07, 6.45) is 8.98. The summed E-state index contributed by atoms with van der Waals surface area (Å²) < 4.78 is 0.423. The first kappa shape index (κ1) is 16.2. The predicted octanol–water partition coefficient (Wildman–Crippen LogP) is 2.94. The minimum absolute atomic E-state index is 0.151. The molecule has 2 rings (SSSR count). The van der Waals surface area contributed by atoms with Crippen LogP contribution in [0.2, 0.25) is 0 Å². The molecule has 0 atom stereocenters. The average Bonchev–Trinajstić information content (AvgIpc) is 2.55. The third-order valence-electron chi connectivity index (χ3n) is 4.33. The molecule has 1 aliphatic carbocycles. The van der Waals surface area contributed by atoms with Gasteiger partial charge >= 0.3 is 0 Å². The number of nitrogens with zero attached hydrogens (tertiary/aromatic N) is 1. The van der Waals surface area contributed by atoms with Crippen molar-refractivity contribution in [3.8, 4) is 0 Å². The van der Waals surface area contributed by atoms with Crippen LogP contribution in [0.15, 0.2) is 29.4 Å². The maximum atomic E-state index is 8.65. The molecule has 1 aromatic carbocycles. The first-order chi connectivity index (χ1) is 10.2. The number of nitrogens with two attached hydrogens (primary N) is 1. The smallest absolute Gasteiger partial charge is 0.170 e. The van der Waals surface area contributed by atoms with Gasteiger partial charge in [-0.2, -0.15) is 11.8 Å². The second-order valence-corrected chi connectivity index (χ2v) is 7.01. The Morgan fingerprint density at radius 1 is 1.29 bits per heavy atom. The minimum Gasteiger partial charge on any atom is -0.409 e. The maximum Gasteiger partial charge on any atom is 0.170 e. The van der Waals surface area contributed by atoms with Gasteiger partial charge in [0, 0.05) is 23.4 Å². The van der Waals surface area contributed by atoms with Crippen molar-refractivity contribution in [1.82, 2.24) is 5.32 Å². The van der Waals surface area contributed by atoms with Crippen molar-refractivity contribution in [2.24, 2.45) is 10.9 Å². The maximum absolute atomic E-state index is 8.65.